The first-order chi connectivity index (χ1) is 18.3. The Hall–Kier alpha value is -3.85. The zero-order valence-corrected chi connectivity index (χ0v) is 21.6. The van der Waals surface area contributed by atoms with Gasteiger partial charge in [-0.25, -0.2) is 14.8 Å². The minimum atomic E-state index is -0.984. The van der Waals surface area contributed by atoms with Crippen LogP contribution in [0.2, 0.25) is 0 Å². The van der Waals surface area contributed by atoms with Gasteiger partial charge in [0.25, 0.3) is 0 Å². The molecule has 1 aliphatic carbocycles. The van der Waals surface area contributed by atoms with Crippen LogP contribution in [0.1, 0.15) is 37.8 Å². The van der Waals surface area contributed by atoms with Gasteiger partial charge in [0.1, 0.15) is 17.6 Å². The quantitative estimate of drug-likeness (QED) is 0.447. The van der Waals surface area contributed by atoms with Gasteiger partial charge in [-0.1, -0.05) is 38.1 Å². The largest absolute Gasteiger partial charge is 0.490 e. The van der Waals surface area contributed by atoms with Gasteiger partial charge in [0, 0.05) is 37.4 Å². The Bertz CT molecular complexity index is 1280. The molecular formula is C29H32N4O5. The van der Waals surface area contributed by atoms with Gasteiger partial charge in [-0.2, -0.15) is 0 Å². The number of hydrogen-bond acceptors (Lipinski definition) is 7. The van der Waals surface area contributed by atoms with Crippen LogP contribution in [0.5, 0.6) is 17.5 Å². The molecule has 2 aromatic carbocycles. The second kappa shape index (κ2) is 9.47. The molecule has 6 rings (SSSR count). The fraction of sp³-hybridized carbons (Fsp3) is 0.414. The first-order valence-corrected chi connectivity index (χ1v) is 13.0. The third kappa shape index (κ3) is 4.86. The van der Waals surface area contributed by atoms with Gasteiger partial charge >= 0.3 is 12.1 Å². The predicted octanol–water partition coefficient (Wildman–Crippen LogP) is 4.61. The van der Waals surface area contributed by atoms with Gasteiger partial charge in [-0.15, -0.1) is 0 Å². The molecule has 3 aliphatic rings. The lowest BCUT2D eigenvalue weighted by Gasteiger charge is -2.55. The maximum Gasteiger partial charge on any atom is 0.404 e. The first kappa shape index (κ1) is 24.5. The van der Waals surface area contributed by atoms with Crippen LogP contribution >= 0.6 is 0 Å². The van der Waals surface area contributed by atoms with Crippen LogP contribution < -0.4 is 19.7 Å². The molecule has 1 amide bonds. The molecule has 0 radical (unpaired) electrons. The van der Waals surface area contributed by atoms with Crippen molar-refractivity contribution in [3.05, 3.63) is 72.1 Å². The number of nitrogens with one attached hydrogen (secondary N) is 1. The summed E-state index contributed by atoms with van der Waals surface area (Å²) < 4.78 is 17.2. The summed E-state index contributed by atoms with van der Waals surface area (Å²) in [7, 11) is 0. The zero-order chi connectivity index (χ0) is 26.3. The van der Waals surface area contributed by atoms with Crippen LogP contribution in [0.4, 0.5) is 10.5 Å². The highest BCUT2D eigenvalue weighted by atomic mass is 16.5. The highest BCUT2D eigenvalue weighted by Gasteiger charge is 2.49. The van der Waals surface area contributed by atoms with Crippen molar-refractivity contribution in [3.8, 4) is 17.5 Å². The summed E-state index contributed by atoms with van der Waals surface area (Å²) in [6.45, 7) is 8.07. The van der Waals surface area contributed by atoms with Crippen molar-refractivity contribution in [1.29, 1.82) is 0 Å². The predicted molar refractivity (Wildman–Crippen MR) is 141 cm³/mol. The van der Waals surface area contributed by atoms with Crippen LogP contribution in [0, 0.1) is 5.41 Å². The van der Waals surface area contributed by atoms with Crippen molar-refractivity contribution in [1.82, 2.24) is 15.3 Å². The van der Waals surface area contributed by atoms with Crippen LogP contribution in [0.3, 0.4) is 0 Å². The van der Waals surface area contributed by atoms with E-state index in [-0.39, 0.29) is 17.6 Å². The summed E-state index contributed by atoms with van der Waals surface area (Å²) in [6, 6.07) is 16.5. The number of amides is 1. The first-order valence-electron chi connectivity index (χ1n) is 13.0. The van der Waals surface area contributed by atoms with Gasteiger partial charge in [0.15, 0.2) is 0 Å². The highest BCUT2D eigenvalue weighted by Crippen LogP contribution is 2.40. The van der Waals surface area contributed by atoms with E-state index >= 15 is 0 Å². The summed E-state index contributed by atoms with van der Waals surface area (Å²) in [5, 5.41) is 11.3. The van der Waals surface area contributed by atoms with E-state index in [4.69, 9.17) is 19.3 Å². The van der Waals surface area contributed by atoms with Gasteiger partial charge in [-0.3, -0.25) is 0 Å². The Morgan fingerprint density at radius 2 is 1.58 bits per heavy atom. The van der Waals surface area contributed by atoms with E-state index in [0.29, 0.717) is 30.0 Å². The fourth-order valence-corrected chi connectivity index (χ4v) is 5.35. The van der Waals surface area contributed by atoms with Crippen LogP contribution in [-0.4, -0.2) is 59.6 Å². The summed E-state index contributed by atoms with van der Waals surface area (Å²) >= 11 is 0. The third-order valence-corrected chi connectivity index (χ3v) is 7.94. The average Bonchev–Trinajstić information content (AvgIpc) is 2.82. The maximum absolute atomic E-state index is 10.7. The van der Waals surface area contributed by atoms with Crippen molar-refractivity contribution in [2.75, 3.05) is 31.2 Å². The molecule has 0 bridgehead atoms. The van der Waals surface area contributed by atoms with Crippen molar-refractivity contribution >= 4 is 11.8 Å². The van der Waals surface area contributed by atoms with E-state index in [1.54, 1.807) is 0 Å². The number of hydrogen-bond donors (Lipinski definition) is 2. The molecule has 2 aliphatic heterocycles. The van der Waals surface area contributed by atoms with Gasteiger partial charge in [0.05, 0.1) is 36.7 Å². The van der Waals surface area contributed by atoms with Crippen molar-refractivity contribution in [3.63, 3.8) is 0 Å². The molecule has 0 unspecified atom stereocenters. The molecule has 1 saturated carbocycles. The molecule has 1 spiro atoms. The van der Waals surface area contributed by atoms with E-state index < -0.39 is 6.09 Å². The Balaban J connectivity index is 1.03. The van der Waals surface area contributed by atoms with E-state index in [2.05, 4.69) is 58.3 Å². The minimum Gasteiger partial charge on any atom is -0.490 e. The second-order valence-corrected chi connectivity index (χ2v) is 11.2. The Labute approximate surface area is 221 Å². The maximum atomic E-state index is 10.7. The monoisotopic (exact) mass is 516 g/mol. The Morgan fingerprint density at radius 3 is 2.11 bits per heavy atom. The number of benzene rings is 2. The fourth-order valence-electron chi connectivity index (χ4n) is 5.35. The number of aromatic nitrogens is 2. The topological polar surface area (TPSA) is 106 Å². The van der Waals surface area contributed by atoms with E-state index in [1.165, 1.54) is 0 Å². The Morgan fingerprint density at radius 1 is 1.00 bits per heavy atom. The summed E-state index contributed by atoms with van der Waals surface area (Å²) in [5.74, 6) is 1.48. The minimum absolute atomic E-state index is 0.0191. The molecule has 2 saturated heterocycles. The van der Waals surface area contributed by atoms with Gasteiger partial charge < -0.3 is 29.5 Å². The van der Waals surface area contributed by atoms with Gasteiger partial charge in [0.2, 0.25) is 0 Å². The summed E-state index contributed by atoms with van der Waals surface area (Å²) in [5.41, 5.74) is 3.46. The number of carbonyl (C=O) groups is 1. The normalized spacial score (nSPS) is 21.6. The number of rotatable bonds is 8. The van der Waals surface area contributed by atoms with E-state index in [0.717, 1.165) is 48.9 Å². The van der Waals surface area contributed by atoms with E-state index in [9.17, 15) is 4.79 Å². The van der Waals surface area contributed by atoms with Crippen molar-refractivity contribution < 1.29 is 24.1 Å². The number of nitrogens with zero attached hydrogens (tertiary/aromatic N) is 3. The lowest BCUT2D eigenvalue weighted by Crippen LogP contribution is -2.66. The molecule has 3 heterocycles. The molecule has 3 fully saturated rings. The van der Waals surface area contributed by atoms with E-state index in [1.807, 2.05) is 36.7 Å². The molecule has 2 N–H and O–H groups in total. The Kier molecular flexibility index (Phi) is 6.10. The zero-order valence-electron chi connectivity index (χ0n) is 21.6. The van der Waals surface area contributed by atoms with Crippen LogP contribution in [-0.2, 0) is 10.2 Å². The SMILES string of the molecule is CC(C)(c1ccc(Oc2ncc(N3CC4(COC4)C3)cn2)cc1)c1ccc(OC2CC(NC(=O)O)C2)cc1. The van der Waals surface area contributed by atoms with Gasteiger partial charge in [-0.05, 0) is 35.4 Å². The smallest absolute Gasteiger partial charge is 0.404 e. The molecule has 0 atom stereocenters. The van der Waals surface area contributed by atoms with Crippen molar-refractivity contribution in [2.45, 2.75) is 44.2 Å². The lowest BCUT2D eigenvalue weighted by molar-refractivity contribution is -0.127. The number of carboxylic acid groups (broad SMARTS) is 1. The van der Waals surface area contributed by atoms with Crippen LogP contribution in [0.25, 0.3) is 0 Å². The standard InChI is InChI=1S/C29H32N4O5/c1-28(2,19-3-7-23(8-4-19)37-25-11-21(12-25)32-27(34)35)20-5-9-24(10-6-20)38-26-30-13-22(14-31-26)33-15-29(16-33)17-36-18-29/h3-10,13-14,21,25,32H,11-12,15-18H2,1-2H3,(H,34,35). The highest BCUT2D eigenvalue weighted by molar-refractivity contribution is 5.65. The molecule has 9 nitrogen and oxygen atoms in total. The number of ether oxygens (including phenoxy) is 3. The number of anilines is 1. The molecule has 38 heavy (non-hydrogen) atoms. The molecule has 1 aromatic heterocycles. The third-order valence-electron chi connectivity index (χ3n) is 7.94. The molecular weight excluding hydrogens is 484 g/mol. The molecule has 9 heteroatoms. The van der Waals surface area contributed by atoms with Crippen molar-refractivity contribution in [2.24, 2.45) is 5.41 Å². The summed E-state index contributed by atoms with van der Waals surface area (Å²) in [4.78, 5) is 21.8. The van der Waals surface area contributed by atoms with Crippen LogP contribution in [0.15, 0.2) is 60.9 Å². The lowest BCUT2D eigenvalue weighted by atomic mass is 9.78. The molecule has 198 valence electrons. The molecule has 3 aromatic rings. The average molecular weight is 517 g/mol. The second-order valence-electron chi connectivity index (χ2n) is 11.2. The summed E-state index contributed by atoms with van der Waals surface area (Å²) in [6.07, 6.45) is 4.08.